The second-order valence-electron chi connectivity index (χ2n) is 4.50. The monoisotopic (exact) mass is 217 g/mol. The van der Waals surface area contributed by atoms with E-state index in [4.69, 9.17) is 10.2 Å². The highest BCUT2D eigenvalue weighted by molar-refractivity contribution is 5.85. The molecule has 1 aromatic heterocycles. The minimum Gasteiger partial charge on any atom is -0.464 e. The largest absolute Gasteiger partial charge is 0.464 e. The average molecular weight is 218 g/mol. The number of nitrogens with two attached hydrogens (primary N) is 1. The number of hydrogen-bond acceptors (Lipinski definition) is 2. The van der Waals surface area contributed by atoms with Crippen LogP contribution in [0.15, 0.2) is 16.5 Å². The number of aryl methyl sites for hydroxylation is 1. The first-order valence-electron chi connectivity index (χ1n) is 4.79. The fourth-order valence-electron chi connectivity index (χ4n) is 1.18. The number of hydrogen-bond donors (Lipinski definition) is 1. The van der Waals surface area contributed by atoms with E-state index in [-0.39, 0.29) is 23.9 Å². The van der Waals surface area contributed by atoms with E-state index in [1.54, 1.807) is 0 Å². The molecule has 1 rings (SSSR count). The third kappa shape index (κ3) is 3.03. The lowest BCUT2D eigenvalue weighted by molar-refractivity contribution is 0.280. The van der Waals surface area contributed by atoms with Gasteiger partial charge in [-0.25, -0.2) is 0 Å². The third-order valence-electron chi connectivity index (χ3n) is 2.27. The highest BCUT2D eigenvalue weighted by Crippen LogP contribution is 2.31. The summed E-state index contributed by atoms with van der Waals surface area (Å²) >= 11 is 0. The lowest BCUT2D eigenvalue weighted by atomic mass is 9.86. The standard InChI is InChI=1S/C11H19NO.ClH/c1-5-8-6-7-9(13-8)10(12)11(2,3)4;/h6-7,10H,5,12H2,1-4H3;1H/t10-;/m1./s1. The van der Waals surface area contributed by atoms with Gasteiger partial charge < -0.3 is 10.2 Å². The molecule has 2 N–H and O–H groups in total. The van der Waals surface area contributed by atoms with Gasteiger partial charge in [-0.1, -0.05) is 27.7 Å². The van der Waals surface area contributed by atoms with Gasteiger partial charge in [0.1, 0.15) is 11.5 Å². The Hall–Kier alpha value is -0.470. The first kappa shape index (κ1) is 13.5. The van der Waals surface area contributed by atoms with E-state index in [0.717, 1.165) is 17.9 Å². The first-order chi connectivity index (χ1) is 5.95. The van der Waals surface area contributed by atoms with Crippen LogP contribution in [0.25, 0.3) is 0 Å². The number of halogens is 1. The van der Waals surface area contributed by atoms with Gasteiger partial charge in [0.15, 0.2) is 0 Å². The van der Waals surface area contributed by atoms with Crippen molar-refractivity contribution in [3.63, 3.8) is 0 Å². The fraction of sp³-hybridized carbons (Fsp3) is 0.636. The van der Waals surface area contributed by atoms with Gasteiger partial charge in [-0.3, -0.25) is 0 Å². The quantitative estimate of drug-likeness (QED) is 0.826. The van der Waals surface area contributed by atoms with Crippen LogP contribution in [0, 0.1) is 5.41 Å². The Bertz CT molecular complexity index is 275. The van der Waals surface area contributed by atoms with E-state index in [1.165, 1.54) is 0 Å². The van der Waals surface area contributed by atoms with Crippen LogP contribution in [0.5, 0.6) is 0 Å². The zero-order valence-corrected chi connectivity index (χ0v) is 10.1. The zero-order chi connectivity index (χ0) is 10.1. The molecule has 0 bridgehead atoms. The number of rotatable bonds is 2. The van der Waals surface area contributed by atoms with Crippen LogP contribution in [0.3, 0.4) is 0 Å². The van der Waals surface area contributed by atoms with Crippen LogP contribution >= 0.6 is 12.4 Å². The van der Waals surface area contributed by atoms with Crippen molar-refractivity contribution in [1.82, 2.24) is 0 Å². The molecular formula is C11H20ClNO. The van der Waals surface area contributed by atoms with E-state index < -0.39 is 0 Å². The molecule has 0 saturated carbocycles. The van der Waals surface area contributed by atoms with Gasteiger partial charge in [-0.05, 0) is 17.5 Å². The molecule has 0 fully saturated rings. The maximum atomic E-state index is 6.05. The van der Waals surface area contributed by atoms with Crippen molar-refractivity contribution in [3.05, 3.63) is 23.7 Å². The maximum Gasteiger partial charge on any atom is 0.121 e. The molecule has 82 valence electrons. The van der Waals surface area contributed by atoms with Crippen molar-refractivity contribution in [2.24, 2.45) is 11.1 Å². The predicted molar refractivity (Wildman–Crippen MR) is 61.7 cm³/mol. The van der Waals surface area contributed by atoms with E-state index in [9.17, 15) is 0 Å². The maximum absolute atomic E-state index is 6.05. The van der Waals surface area contributed by atoms with Crippen molar-refractivity contribution in [3.8, 4) is 0 Å². The summed E-state index contributed by atoms with van der Waals surface area (Å²) in [5.41, 5.74) is 6.10. The minimum absolute atomic E-state index is 0. The van der Waals surface area contributed by atoms with Gasteiger partial charge in [-0.15, -0.1) is 12.4 Å². The molecule has 3 heteroatoms. The summed E-state index contributed by atoms with van der Waals surface area (Å²) < 4.78 is 5.60. The van der Waals surface area contributed by atoms with Crippen molar-refractivity contribution >= 4 is 12.4 Å². The SMILES string of the molecule is CCc1ccc([C@@H](N)C(C)(C)C)o1.Cl. The molecule has 0 aliphatic heterocycles. The van der Waals surface area contributed by atoms with Gasteiger partial charge in [0.2, 0.25) is 0 Å². The Kier molecular flexibility index (Phi) is 4.69. The Morgan fingerprint density at radius 2 is 1.93 bits per heavy atom. The zero-order valence-electron chi connectivity index (χ0n) is 9.33. The van der Waals surface area contributed by atoms with Crippen LogP contribution in [0.2, 0.25) is 0 Å². The van der Waals surface area contributed by atoms with E-state index in [2.05, 4.69) is 27.7 Å². The lowest BCUT2D eigenvalue weighted by Gasteiger charge is -2.24. The molecule has 0 aliphatic carbocycles. The minimum atomic E-state index is -0.0206. The molecule has 0 aliphatic rings. The molecule has 1 aromatic rings. The van der Waals surface area contributed by atoms with Gasteiger partial charge in [0, 0.05) is 6.42 Å². The molecular weight excluding hydrogens is 198 g/mol. The van der Waals surface area contributed by atoms with Crippen LogP contribution in [-0.2, 0) is 6.42 Å². The van der Waals surface area contributed by atoms with Crippen LogP contribution in [-0.4, -0.2) is 0 Å². The lowest BCUT2D eigenvalue weighted by Crippen LogP contribution is -2.25. The average Bonchev–Trinajstić information content (AvgIpc) is 2.48. The summed E-state index contributed by atoms with van der Waals surface area (Å²) in [6.45, 7) is 8.43. The van der Waals surface area contributed by atoms with Gasteiger partial charge >= 0.3 is 0 Å². The van der Waals surface area contributed by atoms with Crippen LogP contribution in [0.1, 0.15) is 45.3 Å². The normalized spacial score (nSPS) is 13.5. The molecule has 0 aromatic carbocycles. The second-order valence-corrected chi connectivity index (χ2v) is 4.50. The van der Waals surface area contributed by atoms with Crippen molar-refractivity contribution in [2.45, 2.75) is 40.2 Å². The number of furan rings is 1. The molecule has 1 atom stereocenters. The first-order valence-corrected chi connectivity index (χ1v) is 4.79. The Labute approximate surface area is 92.3 Å². The Balaban J connectivity index is 0.00000169. The molecule has 2 nitrogen and oxygen atoms in total. The van der Waals surface area contributed by atoms with E-state index in [0.29, 0.717) is 0 Å². The molecule has 0 saturated heterocycles. The predicted octanol–water partition coefficient (Wildman–Crippen LogP) is 3.31. The smallest absolute Gasteiger partial charge is 0.121 e. The molecule has 14 heavy (non-hydrogen) atoms. The van der Waals surface area contributed by atoms with Crippen molar-refractivity contribution < 1.29 is 4.42 Å². The van der Waals surface area contributed by atoms with Crippen LogP contribution < -0.4 is 5.73 Å². The van der Waals surface area contributed by atoms with Gasteiger partial charge in [-0.2, -0.15) is 0 Å². The molecule has 1 heterocycles. The van der Waals surface area contributed by atoms with Crippen molar-refractivity contribution in [1.29, 1.82) is 0 Å². The summed E-state index contributed by atoms with van der Waals surface area (Å²) in [6.07, 6.45) is 0.927. The van der Waals surface area contributed by atoms with E-state index >= 15 is 0 Å². The molecule has 0 unspecified atom stereocenters. The van der Waals surface area contributed by atoms with Crippen molar-refractivity contribution in [2.75, 3.05) is 0 Å². The molecule has 0 spiro atoms. The summed E-state index contributed by atoms with van der Waals surface area (Å²) in [5, 5.41) is 0. The summed E-state index contributed by atoms with van der Waals surface area (Å²) in [5.74, 6) is 1.90. The topological polar surface area (TPSA) is 39.2 Å². The fourth-order valence-corrected chi connectivity index (χ4v) is 1.18. The second kappa shape index (κ2) is 4.85. The molecule has 0 radical (unpaired) electrons. The summed E-state index contributed by atoms with van der Waals surface area (Å²) in [6, 6.07) is 3.96. The third-order valence-corrected chi connectivity index (χ3v) is 2.27. The highest BCUT2D eigenvalue weighted by atomic mass is 35.5. The Morgan fingerprint density at radius 3 is 2.29 bits per heavy atom. The van der Waals surface area contributed by atoms with E-state index in [1.807, 2.05) is 12.1 Å². The summed E-state index contributed by atoms with van der Waals surface area (Å²) in [7, 11) is 0. The van der Waals surface area contributed by atoms with Gasteiger partial charge in [0.05, 0.1) is 6.04 Å². The molecule has 0 amide bonds. The van der Waals surface area contributed by atoms with Gasteiger partial charge in [0.25, 0.3) is 0 Å². The highest BCUT2D eigenvalue weighted by Gasteiger charge is 2.24. The van der Waals surface area contributed by atoms with Crippen LogP contribution in [0.4, 0.5) is 0 Å². The Morgan fingerprint density at radius 1 is 1.36 bits per heavy atom. The summed E-state index contributed by atoms with van der Waals surface area (Å²) in [4.78, 5) is 0.